The van der Waals surface area contributed by atoms with Crippen LogP contribution in [0, 0.1) is 0 Å². The van der Waals surface area contributed by atoms with Gasteiger partial charge in [-0.1, -0.05) is 23.7 Å². The van der Waals surface area contributed by atoms with Gasteiger partial charge in [0.2, 0.25) is 5.91 Å². The number of nitrogens with one attached hydrogen (secondary N) is 2. The number of carbonyl (C=O) groups is 2. The average Bonchev–Trinajstić information content (AvgIpc) is 2.93. The first-order chi connectivity index (χ1) is 10.5. The maximum atomic E-state index is 11.9. The largest absolute Gasteiger partial charge is 0.366 e. The van der Waals surface area contributed by atoms with Crippen LogP contribution < -0.4 is 16.4 Å². The van der Waals surface area contributed by atoms with Crippen molar-refractivity contribution in [1.82, 2.24) is 5.32 Å². The molecule has 116 valence electrons. The lowest BCUT2D eigenvalue weighted by Crippen LogP contribution is -2.30. The Morgan fingerprint density at radius 2 is 2.14 bits per heavy atom. The van der Waals surface area contributed by atoms with Crippen LogP contribution in [0.5, 0.6) is 0 Å². The van der Waals surface area contributed by atoms with Gasteiger partial charge in [0.05, 0.1) is 12.1 Å². The number of primary amides is 1. The minimum absolute atomic E-state index is 0.0246. The van der Waals surface area contributed by atoms with Gasteiger partial charge in [0.25, 0.3) is 5.91 Å². The lowest BCUT2D eigenvalue weighted by Gasteiger charge is -2.14. The fraction of sp³-hybridized carbons (Fsp3) is 0.200. The van der Waals surface area contributed by atoms with E-state index in [4.69, 9.17) is 17.3 Å². The summed E-state index contributed by atoms with van der Waals surface area (Å²) in [6.07, 6.45) is 0. The van der Waals surface area contributed by atoms with Crippen molar-refractivity contribution in [3.8, 4) is 0 Å². The summed E-state index contributed by atoms with van der Waals surface area (Å²) in [5.41, 5.74) is 6.55. The Labute approximate surface area is 137 Å². The highest BCUT2D eigenvalue weighted by Gasteiger charge is 2.13. The van der Waals surface area contributed by atoms with Crippen LogP contribution in [0.15, 0.2) is 35.7 Å². The van der Waals surface area contributed by atoms with Crippen molar-refractivity contribution in [3.63, 3.8) is 0 Å². The van der Waals surface area contributed by atoms with Crippen LogP contribution in [-0.4, -0.2) is 18.4 Å². The van der Waals surface area contributed by atoms with E-state index in [1.54, 1.807) is 17.5 Å². The number of hydrogen-bond donors (Lipinski definition) is 3. The van der Waals surface area contributed by atoms with Crippen LogP contribution in [0.3, 0.4) is 0 Å². The van der Waals surface area contributed by atoms with E-state index >= 15 is 0 Å². The molecule has 0 spiro atoms. The van der Waals surface area contributed by atoms with E-state index in [2.05, 4.69) is 10.6 Å². The van der Waals surface area contributed by atoms with Crippen LogP contribution in [-0.2, 0) is 4.79 Å². The molecule has 0 radical (unpaired) electrons. The molecule has 0 bridgehead atoms. The second-order valence-corrected chi connectivity index (χ2v) is 6.09. The number of rotatable bonds is 6. The molecule has 4 N–H and O–H groups in total. The number of nitrogens with two attached hydrogens (primary N) is 1. The van der Waals surface area contributed by atoms with Crippen LogP contribution in [0.2, 0.25) is 5.02 Å². The summed E-state index contributed by atoms with van der Waals surface area (Å²) in [6.45, 7) is 2.06. The van der Waals surface area contributed by atoms with Gasteiger partial charge in [0.1, 0.15) is 5.00 Å². The minimum Gasteiger partial charge on any atom is -0.366 e. The summed E-state index contributed by atoms with van der Waals surface area (Å²) < 4.78 is 0. The van der Waals surface area contributed by atoms with Gasteiger partial charge < -0.3 is 16.4 Å². The fourth-order valence-electron chi connectivity index (χ4n) is 1.91. The molecule has 0 fully saturated rings. The highest BCUT2D eigenvalue weighted by Crippen LogP contribution is 2.22. The van der Waals surface area contributed by atoms with Crippen molar-refractivity contribution in [3.05, 3.63) is 51.9 Å². The van der Waals surface area contributed by atoms with Gasteiger partial charge in [-0.15, -0.1) is 11.3 Å². The molecule has 0 aliphatic heterocycles. The molecule has 1 aromatic heterocycles. The predicted molar refractivity (Wildman–Crippen MR) is 89.3 cm³/mol. The molecule has 5 nitrogen and oxygen atoms in total. The molecule has 0 aliphatic rings. The summed E-state index contributed by atoms with van der Waals surface area (Å²) in [7, 11) is 0. The number of benzene rings is 1. The van der Waals surface area contributed by atoms with Crippen molar-refractivity contribution < 1.29 is 9.59 Å². The van der Waals surface area contributed by atoms with E-state index in [0.29, 0.717) is 15.6 Å². The standard InChI is InChI=1S/C15H16ClN3O2S/c1-9(10-3-2-4-11(16)7-10)18-8-13(20)19-15-12(14(17)21)5-6-22-15/h2-7,9,18H,8H2,1H3,(H2,17,21)(H,19,20)/t9-/m0/s1. The van der Waals surface area contributed by atoms with Crippen LogP contribution in [0.1, 0.15) is 28.9 Å². The number of hydrogen-bond acceptors (Lipinski definition) is 4. The van der Waals surface area contributed by atoms with Gasteiger partial charge in [-0.25, -0.2) is 0 Å². The Bertz CT molecular complexity index is 687. The van der Waals surface area contributed by atoms with Crippen molar-refractivity contribution >= 4 is 39.8 Å². The lowest BCUT2D eigenvalue weighted by atomic mass is 10.1. The SMILES string of the molecule is C[C@H](NCC(=O)Nc1sccc1C(N)=O)c1cccc(Cl)c1. The summed E-state index contributed by atoms with van der Waals surface area (Å²) >= 11 is 7.20. The normalized spacial score (nSPS) is 11.9. The molecule has 0 unspecified atom stereocenters. The first-order valence-electron chi connectivity index (χ1n) is 6.63. The molecule has 2 amide bonds. The first kappa shape index (κ1) is 16.5. The van der Waals surface area contributed by atoms with Crippen molar-refractivity contribution in [2.24, 2.45) is 5.73 Å². The topological polar surface area (TPSA) is 84.2 Å². The second-order valence-electron chi connectivity index (χ2n) is 4.73. The predicted octanol–water partition coefficient (Wildman–Crippen LogP) is 2.79. The van der Waals surface area contributed by atoms with E-state index in [-0.39, 0.29) is 18.5 Å². The molecule has 0 saturated heterocycles. The van der Waals surface area contributed by atoms with Crippen molar-refractivity contribution in [1.29, 1.82) is 0 Å². The van der Waals surface area contributed by atoms with Crippen molar-refractivity contribution in [2.75, 3.05) is 11.9 Å². The number of carbonyl (C=O) groups excluding carboxylic acids is 2. The maximum Gasteiger partial charge on any atom is 0.251 e. The first-order valence-corrected chi connectivity index (χ1v) is 7.89. The Kier molecular flexibility index (Phi) is 5.54. The molecule has 2 aromatic rings. The van der Waals surface area contributed by atoms with E-state index in [1.165, 1.54) is 11.3 Å². The number of anilines is 1. The molecular weight excluding hydrogens is 322 g/mol. The van der Waals surface area contributed by atoms with Gasteiger partial charge in [-0.05, 0) is 36.1 Å². The summed E-state index contributed by atoms with van der Waals surface area (Å²) in [4.78, 5) is 23.1. The van der Waals surface area contributed by atoms with Crippen LogP contribution in [0.25, 0.3) is 0 Å². The molecule has 0 saturated carbocycles. The molecular formula is C15H16ClN3O2S. The van der Waals surface area contributed by atoms with E-state index < -0.39 is 5.91 Å². The monoisotopic (exact) mass is 337 g/mol. The third kappa shape index (κ3) is 4.30. The second kappa shape index (κ2) is 7.40. The molecule has 2 rings (SSSR count). The third-order valence-electron chi connectivity index (χ3n) is 3.10. The fourth-order valence-corrected chi connectivity index (χ4v) is 2.92. The molecule has 1 heterocycles. The number of amides is 2. The summed E-state index contributed by atoms with van der Waals surface area (Å²) in [5, 5.41) is 8.61. The zero-order valence-electron chi connectivity index (χ0n) is 11.9. The van der Waals surface area contributed by atoms with Gasteiger partial charge in [0.15, 0.2) is 0 Å². The van der Waals surface area contributed by atoms with Crippen molar-refractivity contribution in [2.45, 2.75) is 13.0 Å². The Hall–Kier alpha value is -1.89. The minimum atomic E-state index is -0.559. The van der Waals surface area contributed by atoms with E-state index in [1.807, 2.05) is 25.1 Å². The maximum absolute atomic E-state index is 11.9. The smallest absolute Gasteiger partial charge is 0.251 e. The van der Waals surface area contributed by atoms with E-state index in [0.717, 1.165) is 5.56 Å². The highest BCUT2D eigenvalue weighted by molar-refractivity contribution is 7.14. The van der Waals surface area contributed by atoms with Gasteiger partial charge >= 0.3 is 0 Å². The Morgan fingerprint density at radius 1 is 1.36 bits per heavy atom. The molecule has 22 heavy (non-hydrogen) atoms. The molecule has 7 heteroatoms. The quantitative estimate of drug-likeness (QED) is 0.757. The lowest BCUT2D eigenvalue weighted by molar-refractivity contribution is -0.115. The van der Waals surface area contributed by atoms with Gasteiger partial charge in [0, 0.05) is 11.1 Å². The molecule has 0 aliphatic carbocycles. The summed E-state index contributed by atoms with van der Waals surface area (Å²) in [5.74, 6) is -0.796. The Morgan fingerprint density at radius 3 is 2.82 bits per heavy atom. The van der Waals surface area contributed by atoms with Gasteiger partial charge in [-0.3, -0.25) is 9.59 Å². The van der Waals surface area contributed by atoms with Gasteiger partial charge in [-0.2, -0.15) is 0 Å². The number of halogens is 1. The summed E-state index contributed by atoms with van der Waals surface area (Å²) in [6, 6.07) is 9.01. The Balaban J connectivity index is 1.90. The zero-order chi connectivity index (χ0) is 16.1. The number of thiophene rings is 1. The third-order valence-corrected chi connectivity index (χ3v) is 4.17. The molecule has 1 aromatic carbocycles. The van der Waals surface area contributed by atoms with Crippen LogP contribution >= 0.6 is 22.9 Å². The van der Waals surface area contributed by atoms with Crippen LogP contribution in [0.4, 0.5) is 5.00 Å². The van der Waals surface area contributed by atoms with E-state index in [9.17, 15) is 9.59 Å². The zero-order valence-corrected chi connectivity index (χ0v) is 13.5. The highest BCUT2D eigenvalue weighted by atomic mass is 35.5. The average molecular weight is 338 g/mol. The molecule has 1 atom stereocenters.